The van der Waals surface area contributed by atoms with E-state index in [-0.39, 0.29) is 10.8 Å². The maximum absolute atomic E-state index is 3.92. The minimum Gasteiger partial charge on any atom is -0.309 e. The SMILES string of the molecule is C=C/C=C\C=C/C/C(C)=c1/c(=C(\CC)c2ccccc2)n(-c2ccc3c(c2)C(C)(C)c2ccccc2-3)c2c(-c3ccc4c(c3)c3cc(/C(C)=C/C=C\CC)cc(-c5ccccc5)c3n4-c3ccc4c(c3)C(C)(C)c3ccccc3-4)cccc12. The van der Waals surface area contributed by atoms with E-state index in [1.807, 2.05) is 12.2 Å². The van der Waals surface area contributed by atoms with E-state index in [2.05, 4.69) is 302 Å². The predicted octanol–water partition coefficient (Wildman–Crippen LogP) is 20.5. The van der Waals surface area contributed by atoms with Crippen LogP contribution in [0.2, 0.25) is 0 Å². The number of para-hydroxylation sites is 1. The van der Waals surface area contributed by atoms with Crippen LogP contribution in [0.5, 0.6) is 0 Å². The molecule has 0 radical (unpaired) electrons. The fourth-order valence-corrected chi connectivity index (χ4v) is 14.0. The lowest BCUT2D eigenvalue weighted by Gasteiger charge is -2.22. The van der Waals surface area contributed by atoms with Crippen LogP contribution in [0, 0.1) is 0 Å². The highest BCUT2D eigenvalue weighted by molar-refractivity contribution is 6.16. The van der Waals surface area contributed by atoms with Gasteiger partial charge >= 0.3 is 0 Å². The van der Waals surface area contributed by atoms with Gasteiger partial charge in [-0.05, 0) is 160 Å². The number of benzene rings is 9. The molecule has 11 aromatic rings. The van der Waals surface area contributed by atoms with Crippen molar-refractivity contribution in [3.8, 4) is 55.9 Å². The minimum absolute atomic E-state index is 0.161. The quantitative estimate of drug-likeness (QED) is 0.102. The Morgan fingerprint density at radius 2 is 1.06 bits per heavy atom. The average molecular weight is 1070 g/mol. The van der Waals surface area contributed by atoms with Crippen LogP contribution < -0.4 is 10.6 Å². The molecule has 0 spiro atoms. The highest BCUT2D eigenvalue weighted by Crippen LogP contribution is 2.52. The lowest BCUT2D eigenvalue weighted by Crippen LogP contribution is -2.33. The Labute approximate surface area is 490 Å². The third kappa shape index (κ3) is 8.77. The molecule has 0 saturated carbocycles. The Bertz CT molecular complexity index is 4670. The van der Waals surface area contributed by atoms with Crippen molar-refractivity contribution in [3.05, 3.63) is 293 Å². The van der Waals surface area contributed by atoms with Gasteiger partial charge in [0.1, 0.15) is 0 Å². The van der Waals surface area contributed by atoms with Gasteiger partial charge in [-0.25, -0.2) is 0 Å². The van der Waals surface area contributed by atoms with Crippen LogP contribution in [0.1, 0.15) is 108 Å². The maximum atomic E-state index is 3.92. The lowest BCUT2D eigenvalue weighted by atomic mass is 9.82. The van der Waals surface area contributed by atoms with Crippen molar-refractivity contribution >= 4 is 49.4 Å². The van der Waals surface area contributed by atoms with Crippen LogP contribution in [0.15, 0.2) is 249 Å². The number of aromatic nitrogens is 2. The molecule has 0 aliphatic heterocycles. The Hall–Kier alpha value is -9.24. The summed E-state index contributed by atoms with van der Waals surface area (Å²) in [4.78, 5) is 0. The minimum atomic E-state index is -0.186. The zero-order valence-corrected chi connectivity index (χ0v) is 49.3. The van der Waals surface area contributed by atoms with E-state index in [9.17, 15) is 0 Å². The number of hydrogen-bond donors (Lipinski definition) is 0. The van der Waals surface area contributed by atoms with Crippen LogP contribution >= 0.6 is 0 Å². The summed E-state index contributed by atoms with van der Waals surface area (Å²) < 4.78 is 5.22. The van der Waals surface area contributed by atoms with E-state index in [1.165, 1.54) is 144 Å². The fourth-order valence-electron chi connectivity index (χ4n) is 14.0. The number of allylic oxidation sites excluding steroid dienone is 9. The van der Waals surface area contributed by atoms with Gasteiger partial charge in [-0.2, -0.15) is 0 Å². The van der Waals surface area contributed by atoms with Gasteiger partial charge < -0.3 is 9.13 Å². The summed E-state index contributed by atoms with van der Waals surface area (Å²) in [5.74, 6) is 0. The molecule has 2 heterocycles. The molecule has 13 rings (SSSR count). The van der Waals surface area contributed by atoms with Gasteiger partial charge in [-0.1, -0.05) is 248 Å². The summed E-state index contributed by atoms with van der Waals surface area (Å²) in [7, 11) is 0. The molecular formula is C81H72N2. The Morgan fingerprint density at radius 1 is 0.458 bits per heavy atom. The molecule has 2 aliphatic carbocycles. The Balaban J connectivity index is 1.15. The number of hydrogen-bond acceptors (Lipinski definition) is 0. The molecule has 2 nitrogen and oxygen atoms in total. The van der Waals surface area contributed by atoms with Crippen LogP contribution in [0.3, 0.4) is 0 Å². The number of rotatable bonds is 13. The summed E-state index contributed by atoms with van der Waals surface area (Å²) in [6.45, 7) is 22.6. The van der Waals surface area contributed by atoms with Gasteiger partial charge in [-0.3, -0.25) is 0 Å². The van der Waals surface area contributed by atoms with Crippen LogP contribution in [-0.4, -0.2) is 9.13 Å². The second kappa shape index (κ2) is 21.3. The third-order valence-electron chi connectivity index (χ3n) is 18.2. The second-order valence-corrected chi connectivity index (χ2v) is 23.8. The molecule has 0 amide bonds. The van der Waals surface area contributed by atoms with Crippen molar-refractivity contribution in [2.45, 2.75) is 85.5 Å². The smallest absolute Gasteiger partial charge is 0.0619 e. The first-order valence-electron chi connectivity index (χ1n) is 29.8. The molecule has 9 aromatic carbocycles. The highest BCUT2D eigenvalue weighted by Gasteiger charge is 2.37. The van der Waals surface area contributed by atoms with E-state index in [1.54, 1.807) is 0 Å². The number of fused-ring (bicyclic) bond motifs is 10. The predicted molar refractivity (Wildman–Crippen MR) is 357 cm³/mol. The molecule has 83 heavy (non-hydrogen) atoms. The molecule has 2 heteroatoms. The van der Waals surface area contributed by atoms with Crippen LogP contribution in [-0.2, 0) is 10.8 Å². The molecular weight excluding hydrogens is 1000 g/mol. The summed E-state index contributed by atoms with van der Waals surface area (Å²) in [5, 5.41) is 6.23. The monoisotopic (exact) mass is 1070 g/mol. The van der Waals surface area contributed by atoms with E-state index in [4.69, 9.17) is 0 Å². The topological polar surface area (TPSA) is 9.86 Å². The number of nitrogens with zero attached hydrogens (tertiary/aromatic N) is 2. The zero-order valence-electron chi connectivity index (χ0n) is 49.3. The summed E-state index contributed by atoms with van der Waals surface area (Å²) >= 11 is 0. The van der Waals surface area contributed by atoms with Crippen molar-refractivity contribution in [3.63, 3.8) is 0 Å². The molecule has 406 valence electrons. The van der Waals surface area contributed by atoms with Gasteiger partial charge in [-0.15, -0.1) is 0 Å². The van der Waals surface area contributed by atoms with Crippen LogP contribution in [0.4, 0.5) is 0 Å². The molecule has 0 unspecified atom stereocenters. The van der Waals surface area contributed by atoms with Crippen molar-refractivity contribution in [2.75, 3.05) is 0 Å². The van der Waals surface area contributed by atoms with Gasteiger partial charge in [0.05, 0.1) is 21.9 Å². The van der Waals surface area contributed by atoms with Gasteiger partial charge in [0, 0.05) is 54.7 Å². The van der Waals surface area contributed by atoms with Gasteiger partial charge in [0.15, 0.2) is 0 Å². The third-order valence-corrected chi connectivity index (χ3v) is 18.2. The Morgan fingerprint density at radius 3 is 1.71 bits per heavy atom. The van der Waals surface area contributed by atoms with Crippen molar-refractivity contribution < 1.29 is 0 Å². The zero-order chi connectivity index (χ0) is 57.1. The lowest BCUT2D eigenvalue weighted by molar-refractivity contribution is 0.659. The first-order chi connectivity index (χ1) is 40.4. The molecule has 0 atom stereocenters. The normalized spacial score (nSPS) is 15.0. The van der Waals surface area contributed by atoms with E-state index in [0.29, 0.717) is 0 Å². The molecule has 2 aliphatic rings. The first-order valence-corrected chi connectivity index (χ1v) is 29.8. The van der Waals surface area contributed by atoms with Crippen molar-refractivity contribution in [2.24, 2.45) is 0 Å². The fraction of sp³-hybridized carbons (Fsp3) is 0.160. The summed E-state index contributed by atoms with van der Waals surface area (Å²) in [6, 6.07) is 73.9. The molecule has 0 saturated heterocycles. The van der Waals surface area contributed by atoms with Crippen molar-refractivity contribution in [1.82, 2.24) is 9.13 Å². The van der Waals surface area contributed by atoms with E-state index < -0.39 is 0 Å². The van der Waals surface area contributed by atoms with Gasteiger partial charge in [0.25, 0.3) is 0 Å². The van der Waals surface area contributed by atoms with Crippen LogP contribution in [0.25, 0.3) is 105 Å². The summed E-state index contributed by atoms with van der Waals surface area (Å²) in [5.41, 5.74) is 27.4. The molecule has 0 bridgehead atoms. The largest absolute Gasteiger partial charge is 0.309 e. The Kier molecular flexibility index (Phi) is 13.6. The molecule has 2 aromatic heterocycles. The molecule has 0 N–H and O–H groups in total. The maximum Gasteiger partial charge on any atom is 0.0619 e. The highest BCUT2D eigenvalue weighted by atomic mass is 15.0. The van der Waals surface area contributed by atoms with E-state index >= 15 is 0 Å². The van der Waals surface area contributed by atoms with Gasteiger partial charge in [0.2, 0.25) is 0 Å². The second-order valence-electron chi connectivity index (χ2n) is 23.8. The standard InChI is InChI=1S/C81H72N2/c1-10-13-15-16-20-31-54(5)76-67-39-29-38-62(77(67)83(79(76)61(12-3)55-32-21-17-22-33-55)60-44-46-66-64-37-26-28-41-72(64)81(8,9)74(66)52-60)57-42-47-75-69(48-57)70-50-58(53(4)30-19-14-11-2)49-68(56-34-23-18-24-35-56)78(70)82(75)59-43-45-65-63-36-25-27-40-71(63)80(6,7)73(65)51-59/h10,13-30,32-52H,1,11-12,31H2,2-9H3/b15-13-,19-14-,20-16-,53-30+,76-54+,79-61-. The first kappa shape index (κ1) is 53.1. The average Bonchev–Trinajstić information content (AvgIpc) is 2.08. The molecule has 0 fully saturated rings. The summed E-state index contributed by atoms with van der Waals surface area (Å²) in [6.07, 6.45) is 19.7. The van der Waals surface area contributed by atoms with E-state index in [0.717, 1.165) is 24.9 Å². The van der Waals surface area contributed by atoms with Crippen molar-refractivity contribution in [1.29, 1.82) is 0 Å².